The Bertz CT molecular complexity index is 1020. The van der Waals surface area contributed by atoms with Gasteiger partial charge in [0.1, 0.15) is 12.1 Å². The largest absolute Gasteiger partial charge is 0.361 e. The number of H-pyrrole nitrogens is 1. The maximum Gasteiger partial charge on any atom is 0.138 e. The first-order chi connectivity index (χ1) is 12.9. The highest BCUT2D eigenvalue weighted by molar-refractivity contribution is 5.79. The van der Waals surface area contributed by atoms with Crippen LogP contribution in [0.3, 0.4) is 0 Å². The molecule has 26 heavy (non-hydrogen) atoms. The van der Waals surface area contributed by atoms with Gasteiger partial charge in [0, 0.05) is 30.7 Å². The van der Waals surface area contributed by atoms with Gasteiger partial charge in [-0.3, -0.25) is 9.47 Å². The summed E-state index contributed by atoms with van der Waals surface area (Å²) in [4.78, 5) is 14.8. The van der Waals surface area contributed by atoms with Gasteiger partial charge in [-0.25, -0.2) is 9.97 Å². The van der Waals surface area contributed by atoms with Crippen molar-refractivity contribution in [1.82, 2.24) is 24.4 Å². The maximum absolute atomic E-state index is 4.91. The highest BCUT2D eigenvalue weighted by atomic mass is 15.2. The van der Waals surface area contributed by atoms with Crippen LogP contribution < -0.4 is 0 Å². The van der Waals surface area contributed by atoms with Gasteiger partial charge in [-0.1, -0.05) is 12.1 Å². The van der Waals surface area contributed by atoms with Crippen molar-refractivity contribution in [3.8, 4) is 5.82 Å². The number of aromatic nitrogens is 4. The third kappa shape index (κ3) is 2.80. The topological polar surface area (TPSA) is 49.7 Å². The van der Waals surface area contributed by atoms with E-state index in [0.29, 0.717) is 6.04 Å². The monoisotopic (exact) mass is 343 g/mol. The Morgan fingerprint density at radius 2 is 2.15 bits per heavy atom. The highest BCUT2D eigenvalue weighted by Crippen LogP contribution is 2.32. The Morgan fingerprint density at radius 1 is 1.15 bits per heavy atom. The van der Waals surface area contributed by atoms with Gasteiger partial charge in [-0.05, 0) is 60.7 Å². The molecule has 0 amide bonds. The molecule has 1 N–H and O–H groups in total. The minimum absolute atomic E-state index is 0.375. The van der Waals surface area contributed by atoms with Crippen LogP contribution in [0.5, 0.6) is 0 Å². The molecule has 130 valence electrons. The number of nitrogens with one attached hydrogen (secondary N) is 1. The number of benzene rings is 1. The molecule has 5 rings (SSSR count). The zero-order valence-corrected chi connectivity index (χ0v) is 14.5. The summed E-state index contributed by atoms with van der Waals surface area (Å²) >= 11 is 0. The van der Waals surface area contributed by atoms with Gasteiger partial charge >= 0.3 is 0 Å². The number of hydrogen-bond donors (Lipinski definition) is 1. The summed E-state index contributed by atoms with van der Waals surface area (Å²) in [6, 6.07) is 15.5. The van der Waals surface area contributed by atoms with Gasteiger partial charge in [-0.15, -0.1) is 0 Å². The van der Waals surface area contributed by atoms with Crippen LogP contribution >= 0.6 is 0 Å². The summed E-state index contributed by atoms with van der Waals surface area (Å²) in [6.07, 6.45) is 9.89. The van der Waals surface area contributed by atoms with Gasteiger partial charge in [-0.2, -0.15) is 0 Å². The third-order valence-corrected chi connectivity index (χ3v) is 5.23. The summed E-state index contributed by atoms with van der Waals surface area (Å²) in [6.45, 7) is 2.08. The Kier molecular flexibility index (Phi) is 3.79. The normalized spacial score (nSPS) is 17.9. The fourth-order valence-corrected chi connectivity index (χ4v) is 3.95. The molecule has 1 atom stereocenters. The van der Waals surface area contributed by atoms with Crippen LogP contribution in [0.25, 0.3) is 16.7 Å². The molecule has 1 aliphatic heterocycles. The Balaban J connectivity index is 1.41. The molecule has 0 radical (unpaired) electrons. The number of nitrogens with zero attached hydrogens (tertiary/aromatic N) is 4. The van der Waals surface area contributed by atoms with E-state index in [1.54, 1.807) is 12.5 Å². The van der Waals surface area contributed by atoms with Gasteiger partial charge < -0.3 is 4.98 Å². The molecule has 5 nitrogen and oxygen atoms in total. The van der Waals surface area contributed by atoms with E-state index in [1.165, 1.54) is 22.9 Å². The first-order valence-corrected chi connectivity index (χ1v) is 9.12. The van der Waals surface area contributed by atoms with Crippen molar-refractivity contribution in [2.45, 2.75) is 25.4 Å². The Labute approximate surface area is 152 Å². The van der Waals surface area contributed by atoms with Crippen LogP contribution in [-0.2, 0) is 6.54 Å². The second-order valence-corrected chi connectivity index (χ2v) is 6.92. The molecule has 0 bridgehead atoms. The first-order valence-electron chi connectivity index (χ1n) is 9.12. The zero-order chi connectivity index (χ0) is 17.3. The molecular formula is C21H21N5. The predicted molar refractivity (Wildman–Crippen MR) is 102 cm³/mol. The minimum Gasteiger partial charge on any atom is -0.361 e. The van der Waals surface area contributed by atoms with Crippen molar-refractivity contribution in [3.63, 3.8) is 0 Å². The molecule has 4 aromatic rings. The molecule has 1 unspecified atom stereocenters. The zero-order valence-electron chi connectivity index (χ0n) is 14.5. The second kappa shape index (κ2) is 6.42. The number of fused-ring (bicyclic) bond motifs is 1. The SMILES string of the molecule is c1cc(C2CCCN2Cc2ccc3[nH]ccc3c2)nc(-n2ccnc2)c1. The van der Waals surface area contributed by atoms with E-state index in [9.17, 15) is 0 Å². The molecule has 1 aliphatic rings. The van der Waals surface area contributed by atoms with E-state index in [1.807, 2.05) is 23.0 Å². The van der Waals surface area contributed by atoms with Crippen molar-refractivity contribution in [1.29, 1.82) is 0 Å². The summed E-state index contributed by atoms with van der Waals surface area (Å²) in [5, 5.41) is 1.28. The molecule has 0 saturated carbocycles. The highest BCUT2D eigenvalue weighted by Gasteiger charge is 2.27. The lowest BCUT2D eigenvalue weighted by molar-refractivity contribution is 0.244. The van der Waals surface area contributed by atoms with E-state index in [0.717, 1.165) is 31.0 Å². The number of rotatable bonds is 4. The van der Waals surface area contributed by atoms with Crippen molar-refractivity contribution < 1.29 is 0 Å². The lowest BCUT2D eigenvalue weighted by Gasteiger charge is -2.24. The number of aromatic amines is 1. The van der Waals surface area contributed by atoms with E-state index in [2.05, 4.69) is 51.3 Å². The van der Waals surface area contributed by atoms with E-state index < -0.39 is 0 Å². The van der Waals surface area contributed by atoms with Crippen LogP contribution in [0, 0.1) is 0 Å². The standard InChI is InChI=1S/C21H21N5/c1-3-19(24-21(5-1)26-12-10-22-15-26)20-4-2-11-25(20)14-16-6-7-18-17(13-16)8-9-23-18/h1,3,5-10,12-13,15,20,23H,2,4,11,14H2. The summed E-state index contributed by atoms with van der Waals surface area (Å²) in [5.41, 5.74) is 3.70. The van der Waals surface area contributed by atoms with E-state index in [-0.39, 0.29) is 0 Å². The average molecular weight is 343 g/mol. The maximum atomic E-state index is 4.91. The third-order valence-electron chi connectivity index (χ3n) is 5.23. The van der Waals surface area contributed by atoms with Crippen LogP contribution in [0.4, 0.5) is 0 Å². The summed E-state index contributed by atoms with van der Waals surface area (Å²) in [7, 11) is 0. The molecule has 0 spiro atoms. The van der Waals surface area contributed by atoms with Gasteiger partial charge in [0.05, 0.1) is 11.7 Å². The number of imidazole rings is 1. The number of pyridine rings is 1. The molecule has 0 aliphatic carbocycles. The van der Waals surface area contributed by atoms with Crippen LogP contribution in [0.1, 0.15) is 30.1 Å². The molecule has 4 heterocycles. The Hall–Kier alpha value is -2.92. The van der Waals surface area contributed by atoms with Crippen molar-refractivity contribution in [2.24, 2.45) is 0 Å². The second-order valence-electron chi connectivity index (χ2n) is 6.92. The summed E-state index contributed by atoms with van der Waals surface area (Å²) in [5.74, 6) is 0.931. The van der Waals surface area contributed by atoms with E-state index in [4.69, 9.17) is 4.98 Å². The fourth-order valence-electron chi connectivity index (χ4n) is 3.95. The lowest BCUT2D eigenvalue weighted by atomic mass is 10.1. The van der Waals surface area contributed by atoms with Crippen LogP contribution in [-0.4, -0.2) is 31.0 Å². The lowest BCUT2D eigenvalue weighted by Crippen LogP contribution is -2.23. The van der Waals surface area contributed by atoms with Crippen LogP contribution in [0.2, 0.25) is 0 Å². The van der Waals surface area contributed by atoms with Gasteiger partial charge in [0.15, 0.2) is 0 Å². The fraction of sp³-hybridized carbons (Fsp3) is 0.238. The van der Waals surface area contributed by atoms with Crippen molar-refractivity contribution in [2.75, 3.05) is 6.54 Å². The van der Waals surface area contributed by atoms with Gasteiger partial charge in [0.25, 0.3) is 0 Å². The molecule has 1 aromatic carbocycles. The molecule has 1 fully saturated rings. The Morgan fingerprint density at radius 3 is 3.08 bits per heavy atom. The van der Waals surface area contributed by atoms with Crippen molar-refractivity contribution in [3.05, 3.63) is 78.6 Å². The molecular weight excluding hydrogens is 322 g/mol. The first kappa shape index (κ1) is 15.3. The smallest absolute Gasteiger partial charge is 0.138 e. The quantitative estimate of drug-likeness (QED) is 0.607. The average Bonchev–Trinajstić information content (AvgIpc) is 3.43. The van der Waals surface area contributed by atoms with Gasteiger partial charge in [0.2, 0.25) is 0 Å². The minimum atomic E-state index is 0.375. The van der Waals surface area contributed by atoms with Crippen molar-refractivity contribution >= 4 is 10.9 Å². The number of likely N-dealkylation sites (tertiary alicyclic amines) is 1. The molecule has 3 aromatic heterocycles. The van der Waals surface area contributed by atoms with E-state index >= 15 is 0 Å². The number of hydrogen-bond acceptors (Lipinski definition) is 3. The summed E-state index contributed by atoms with van der Waals surface area (Å²) < 4.78 is 1.96. The molecule has 1 saturated heterocycles. The predicted octanol–water partition coefficient (Wildman–Crippen LogP) is 4.09. The molecule has 5 heteroatoms. The van der Waals surface area contributed by atoms with Crippen LogP contribution in [0.15, 0.2) is 67.4 Å².